The second-order valence-electron chi connectivity index (χ2n) is 2.88. The molecule has 3 heteroatoms. The fourth-order valence-corrected chi connectivity index (χ4v) is 1.31. The SMILES string of the molecule is CC#CCC(N)c1cccc(Cl)c1F. The molecule has 0 radical (unpaired) electrons. The molecular weight excluding hydrogens is 201 g/mol. The van der Waals surface area contributed by atoms with Gasteiger partial charge in [0.25, 0.3) is 0 Å². The Morgan fingerprint density at radius 1 is 1.57 bits per heavy atom. The van der Waals surface area contributed by atoms with Crippen molar-refractivity contribution in [1.29, 1.82) is 0 Å². The summed E-state index contributed by atoms with van der Waals surface area (Å²) in [6.07, 6.45) is 0.438. The van der Waals surface area contributed by atoms with Crippen molar-refractivity contribution in [3.05, 3.63) is 34.6 Å². The van der Waals surface area contributed by atoms with Gasteiger partial charge >= 0.3 is 0 Å². The Morgan fingerprint density at radius 2 is 2.29 bits per heavy atom. The Balaban J connectivity index is 2.93. The molecule has 0 aliphatic heterocycles. The third-order valence-corrected chi connectivity index (χ3v) is 2.17. The minimum Gasteiger partial charge on any atom is -0.323 e. The van der Waals surface area contributed by atoms with Crippen LogP contribution in [0.3, 0.4) is 0 Å². The largest absolute Gasteiger partial charge is 0.323 e. The molecule has 1 atom stereocenters. The van der Waals surface area contributed by atoms with E-state index in [4.69, 9.17) is 17.3 Å². The number of hydrogen-bond acceptors (Lipinski definition) is 1. The summed E-state index contributed by atoms with van der Waals surface area (Å²) >= 11 is 5.63. The van der Waals surface area contributed by atoms with Crippen molar-refractivity contribution >= 4 is 11.6 Å². The predicted octanol–water partition coefficient (Wildman–Crippen LogP) is 2.89. The van der Waals surface area contributed by atoms with Crippen molar-refractivity contribution in [2.45, 2.75) is 19.4 Å². The van der Waals surface area contributed by atoms with E-state index < -0.39 is 11.9 Å². The number of hydrogen-bond donors (Lipinski definition) is 1. The lowest BCUT2D eigenvalue weighted by molar-refractivity contribution is 0.586. The molecule has 0 amide bonds. The van der Waals surface area contributed by atoms with Gasteiger partial charge in [0, 0.05) is 18.0 Å². The lowest BCUT2D eigenvalue weighted by Crippen LogP contribution is -2.11. The number of nitrogens with two attached hydrogens (primary N) is 1. The van der Waals surface area contributed by atoms with E-state index in [0.29, 0.717) is 12.0 Å². The molecule has 0 bridgehead atoms. The highest BCUT2D eigenvalue weighted by Crippen LogP contribution is 2.23. The molecule has 0 heterocycles. The maximum absolute atomic E-state index is 13.4. The zero-order chi connectivity index (χ0) is 10.6. The highest BCUT2D eigenvalue weighted by atomic mass is 35.5. The van der Waals surface area contributed by atoms with Crippen LogP contribution < -0.4 is 5.73 Å². The molecule has 0 aromatic heterocycles. The average Bonchev–Trinajstić information content (AvgIpc) is 2.18. The van der Waals surface area contributed by atoms with Gasteiger partial charge in [-0.1, -0.05) is 23.7 Å². The number of benzene rings is 1. The Hall–Kier alpha value is -1.04. The van der Waals surface area contributed by atoms with Gasteiger partial charge in [0.1, 0.15) is 5.82 Å². The van der Waals surface area contributed by atoms with Crippen LogP contribution in [-0.2, 0) is 0 Å². The van der Waals surface area contributed by atoms with Crippen LogP contribution in [0, 0.1) is 17.7 Å². The van der Waals surface area contributed by atoms with Crippen LogP contribution >= 0.6 is 11.6 Å². The molecule has 1 rings (SSSR count). The Morgan fingerprint density at radius 3 is 2.93 bits per heavy atom. The van der Waals surface area contributed by atoms with Crippen LogP contribution in [0.2, 0.25) is 5.02 Å². The molecule has 0 saturated carbocycles. The summed E-state index contributed by atoms with van der Waals surface area (Å²) in [6.45, 7) is 1.72. The first-order valence-corrected chi connectivity index (χ1v) is 4.63. The second-order valence-corrected chi connectivity index (χ2v) is 3.29. The van der Waals surface area contributed by atoms with Gasteiger partial charge < -0.3 is 5.73 Å². The van der Waals surface area contributed by atoms with Gasteiger partial charge in [0.05, 0.1) is 5.02 Å². The molecule has 0 spiro atoms. The molecule has 1 unspecified atom stereocenters. The minimum atomic E-state index is -0.445. The summed E-state index contributed by atoms with van der Waals surface area (Å²) in [4.78, 5) is 0. The van der Waals surface area contributed by atoms with Crippen molar-refractivity contribution in [3.8, 4) is 11.8 Å². The van der Waals surface area contributed by atoms with Gasteiger partial charge in [-0.05, 0) is 13.0 Å². The predicted molar refractivity (Wildman–Crippen MR) is 56.4 cm³/mol. The Labute approximate surface area is 88.1 Å². The first kappa shape index (κ1) is 11.0. The monoisotopic (exact) mass is 211 g/mol. The number of rotatable bonds is 2. The Kier molecular flexibility index (Phi) is 3.94. The molecule has 1 aromatic rings. The van der Waals surface area contributed by atoms with Crippen LogP contribution in [0.25, 0.3) is 0 Å². The van der Waals surface area contributed by atoms with Gasteiger partial charge in [-0.2, -0.15) is 0 Å². The highest BCUT2D eigenvalue weighted by molar-refractivity contribution is 6.30. The number of halogens is 2. The van der Waals surface area contributed by atoms with Gasteiger partial charge in [0.15, 0.2) is 0 Å². The Bertz CT molecular complexity index is 379. The maximum atomic E-state index is 13.4. The topological polar surface area (TPSA) is 26.0 Å². The van der Waals surface area contributed by atoms with Gasteiger partial charge in [-0.3, -0.25) is 0 Å². The summed E-state index contributed by atoms with van der Waals surface area (Å²) in [5.41, 5.74) is 6.17. The molecule has 0 fully saturated rings. The molecule has 0 saturated heterocycles. The molecule has 0 aliphatic rings. The van der Waals surface area contributed by atoms with Crippen LogP contribution in [0.1, 0.15) is 24.9 Å². The third-order valence-electron chi connectivity index (χ3n) is 1.88. The zero-order valence-corrected chi connectivity index (χ0v) is 8.61. The van der Waals surface area contributed by atoms with E-state index in [1.807, 2.05) is 0 Å². The summed E-state index contributed by atoms with van der Waals surface area (Å²) in [5.74, 6) is 5.08. The van der Waals surface area contributed by atoms with Crippen LogP contribution in [0.4, 0.5) is 4.39 Å². The summed E-state index contributed by atoms with van der Waals surface area (Å²) in [5, 5.41) is 0.0995. The molecule has 14 heavy (non-hydrogen) atoms. The van der Waals surface area contributed by atoms with Gasteiger partial charge in [0.2, 0.25) is 0 Å². The van der Waals surface area contributed by atoms with E-state index in [0.717, 1.165) is 0 Å². The fourth-order valence-electron chi connectivity index (χ4n) is 1.13. The summed E-state index contributed by atoms with van der Waals surface area (Å²) in [6, 6.07) is 4.39. The van der Waals surface area contributed by atoms with Gasteiger partial charge in [-0.25, -0.2) is 4.39 Å². The quantitative estimate of drug-likeness (QED) is 0.748. The minimum absolute atomic E-state index is 0.0995. The van der Waals surface area contributed by atoms with Crippen LogP contribution in [-0.4, -0.2) is 0 Å². The normalized spacial score (nSPS) is 11.7. The van der Waals surface area contributed by atoms with E-state index in [9.17, 15) is 4.39 Å². The van der Waals surface area contributed by atoms with Crippen LogP contribution in [0.5, 0.6) is 0 Å². The molecule has 1 aromatic carbocycles. The third kappa shape index (κ3) is 2.47. The van der Waals surface area contributed by atoms with E-state index >= 15 is 0 Å². The first-order valence-electron chi connectivity index (χ1n) is 4.26. The first-order chi connectivity index (χ1) is 6.66. The maximum Gasteiger partial charge on any atom is 0.146 e. The molecule has 1 nitrogen and oxygen atoms in total. The van der Waals surface area contributed by atoms with E-state index in [2.05, 4.69) is 11.8 Å². The average molecular weight is 212 g/mol. The van der Waals surface area contributed by atoms with Crippen molar-refractivity contribution in [1.82, 2.24) is 0 Å². The van der Waals surface area contributed by atoms with Crippen molar-refractivity contribution in [3.63, 3.8) is 0 Å². The van der Waals surface area contributed by atoms with E-state index in [1.165, 1.54) is 6.07 Å². The van der Waals surface area contributed by atoms with Crippen LogP contribution in [0.15, 0.2) is 18.2 Å². The molecular formula is C11H11ClFN. The molecule has 2 N–H and O–H groups in total. The second kappa shape index (κ2) is 4.99. The fraction of sp³-hybridized carbons (Fsp3) is 0.273. The lowest BCUT2D eigenvalue weighted by atomic mass is 10.0. The van der Waals surface area contributed by atoms with E-state index in [1.54, 1.807) is 19.1 Å². The van der Waals surface area contributed by atoms with Gasteiger partial charge in [-0.15, -0.1) is 11.8 Å². The highest BCUT2D eigenvalue weighted by Gasteiger charge is 2.12. The summed E-state index contributed by atoms with van der Waals surface area (Å²) < 4.78 is 13.4. The zero-order valence-electron chi connectivity index (χ0n) is 7.85. The molecule has 0 aliphatic carbocycles. The van der Waals surface area contributed by atoms with E-state index in [-0.39, 0.29) is 5.02 Å². The smallest absolute Gasteiger partial charge is 0.146 e. The van der Waals surface area contributed by atoms with Crippen molar-refractivity contribution in [2.24, 2.45) is 5.73 Å². The standard InChI is InChI=1S/C11H11ClFN/c1-2-3-7-10(14)8-5-4-6-9(12)11(8)13/h4-6,10H,7,14H2,1H3. The summed E-state index contributed by atoms with van der Waals surface area (Å²) in [7, 11) is 0. The lowest BCUT2D eigenvalue weighted by Gasteiger charge is -2.10. The van der Waals surface area contributed by atoms with Crippen molar-refractivity contribution in [2.75, 3.05) is 0 Å². The van der Waals surface area contributed by atoms with Crippen molar-refractivity contribution < 1.29 is 4.39 Å². The molecule has 74 valence electrons.